The Balaban J connectivity index is 1.93. The first-order chi connectivity index (χ1) is 16.3. The van der Waals surface area contributed by atoms with Gasteiger partial charge in [0.05, 0.1) is 48.0 Å². The van der Waals surface area contributed by atoms with Gasteiger partial charge in [0.15, 0.2) is 0 Å². The molecule has 5 atom stereocenters. The molecule has 9 heteroatoms. The summed E-state index contributed by atoms with van der Waals surface area (Å²) in [5, 5.41) is 9.33. The highest BCUT2D eigenvalue weighted by Gasteiger charge is 2.35. The average molecular weight is 474 g/mol. The third-order valence-electron chi connectivity index (χ3n) is 6.77. The average Bonchev–Trinajstić information content (AvgIpc) is 2.85. The Bertz CT molecular complexity index is 916. The number of likely N-dealkylation sites (N-methyl/N-ethyl adjacent to an activating group) is 2. The van der Waals surface area contributed by atoms with E-state index in [9.17, 15) is 14.9 Å². The lowest BCUT2D eigenvalue weighted by Gasteiger charge is -2.38. The minimum absolute atomic E-state index is 0.0443. The molecule has 1 fully saturated rings. The van der Waals surface area contributed by atoms with Crippen molar-refractivity contribution < 1.29 is 28.5 Å². The van der Waals surface area contributed by atoms with Crippen molar-refractivity contribution in [2.24, 2.45) is 5.92 Å². The standard InChI is InChI=1S/C25H35N3O6/c1-16-22(32-5)14-28(3)25(30)19-12-17(13-26)6-8-20(19)33-11-10-18-7-9-21(31-4)23(34-18)15-27(2)24(16)29/h6,8,12,16,18,21-23H,7,9-11,14-15H2,1-5H3/t16-,18+,21+,22-,23-/m0/s1. The summed E-state index contributed by atoms with van der Waals surface area (Å²) in [5.41, 5.74) is 0.678. The van der Waals surface area contributed by atoms with E-state index in [2.05, 4.69) is 6.07 Å². The van der Waals surface area contributed by atoms with Gasteiger partial charge < -0.3 is 28.7 Å². The lowest BCUT2D eigenvalue weighted by molar-refractivity contribution is -0.154. The van der Waals surface area contributed by atoms with Crippen LogP contribution < -0.4 is 4.74 Å². The number of hydrogen-bond acceptors (Lipinski definition) is 7. The summed E-state index contributed by atoms with van der Waals surface area (Å²) in [5.74, 6) is -0.454. The van der Waals surface area contributed by atoms with Crippen molar-refractivity contribution >= 4 is 11.8 Å². The van der Waals surface area contributed by atoms with Crippen LogP contribution in [0.15, 0.2) is 18.2 Å². The van der Waals surface area contributed by atoms with Gasteiger partial charge >= 0.3 is 0 Å². The van der Waals surface area contributed by atoms with Gasteiger partial charge in [0.1, 0.15) is 11.9 Å². The van der Waals surface area contributed by atoms with Gasteiger partial charge in [0.25, 0.3) is 5.91 Å². The fraction of sp³-hybridized carbons (Fsp3) is 0.640. The van der Waals surface area contributed by atoms with E-state index in [1.54, 1.807) is 45.2 Å². The number of ether oxygens (including phenoxy) is 4. The normalized spacial score (nSPS) is 29.2. The highest BCUT2D eigenvalue weighted by molar-refractivity contribution is 5.97. The van der Waals surface area contributed by atoms with Crippen LogP contribution in [-0.4, -0.2) is 94.0 Å². The molecular weight excluding hydrogens is 438 g/mol. The largest absolute Gasteiger partial charge is 0.493 e. The molecule has 34 heavy (non-hydrogen) atoms. The van der Waals surface area contributed by atoms with Gasteiger partial charge in [0, 0.05) is 47.8 Å². The molecule has 3 rings (SSSR count). The Morgan fingerprint density at radius 3 is 2.44 bits per heavy atom. The van der Waals surface area contributed by atoms with E-state index in [0.717, 1.165) is 12.8 Å². The summed E-state index contributed by atoms with van der Waals surface area (Å²) in [7, 11) is 6.61. The quantitative estimate of drug-likeness (QED) is 0.648. The van der Waals surface area contributed by atoms with Crippen LogP contribution in [-0.2, 0) is 19.0 Å². The van der Waals surface area contributed by atoms with E-state index in [4.69, 9.17) is 18.9 Å². The number of carbonyl (C=O) groups is 2. The summed E-state index contributed by atoms with van der Waals surface area (Å²) in [4.78, 5) is 29.7. The van der Waals surface area contributed by atoms with Crippen molar-refractivity contribution in [3.63, 3.8) is 0 Å². The van der Waals surface area contributed by atoms with Crippen LogP contribution in [0.1, 0.15) is 42.1 Å². The maximum atomic E-state index is 13.3. The molecule has 1 aromatic rings. The predicted octanol–water partition coefficient (Wildman–Crippen LogP) is 2.08. The first kappa shape index (κ1) is 25.9. The zero-order valence-corrected chi connectivity index (χ0v) is 20.7. The zero-order valence-electron chi connectivity index (χ0n) is 20.7. The highest BCUT2D eigenvalue weighted by atomic mass is 16.5. The highest BCUT2D eigenvalue weighted by Crippen LogP contribution is 2.27. The maximum absolute atomic E-state index is 13.3. The second-order valence-corrected chi connectivity index (χ2v) is 9.08. The molecule has 9 nitrogen and oxygen atoms in total. The van der Waals surface area contributed by atoms with E-state index in [0.29, 0.717) is 36.4 Å². The third kappa shape index (κ3) is 5.87. The molecule has 0 N–H and O–H groups in total. The molecular formula is C25H35N3O6. The fourth-order valence-corrected chi connectivity index (χ4v) is 4.64. The van der Waals surface area contributed by atoms with Crippen LogP contribution in [0.5, 0.6) is 5.75 Å². The van der Waals surface area contributed by atoms with Crippen molar-refractivity contribution in [3.05, 3.63) is 29.3 Å². The van der Waals surface area contributed by atoms with Crippen LogP contribution >= 0.6 is 0 Å². The molecule has 1 saturated heterocycles. The van der Waals surface area contributed by atoms with Crippen LogP contribution in [0.4, 0.5) is 0 Å². The molecule has 2 amide bonds. The number of benzene rings is 1. The van der Waals surface area contributed by atoms with Gasteiger partial charge in [-0.05, 0) is 31.0 Å². The van der Waals surface area contributed by atoms with Gasteiger partial charge in [-0.15, -0.1) is 0 Å². The van der Waals surface area contributed by atoms with Crippen molar-refractivity contribution in [2.45, 2.75) is 50.6 Å². The van der Waals surface area contributed by atoms with Crippen LogP contribution in [0, 0.1) is 17.2 Å². The number of carbonyl (C=O) groups excluding carboxylic acids is 2. The van der Waals surface area contributed by atoms with Crippen LogP contribution in [0.2, 0.25) is 0 Å². The number of fused-ring (bicyclic) bond motifs is 3. The molecule has 0 radical (unpaired) electrons. The minimum atomic E-state index is -0.515. The summed E-state index contributed by atoms with van der Waals surface area (Å²) in [6.07, 6.45) is 1.39. The number of nitriles is 1. The molecule has 2 heterocycles. The number of rotatable bonds is 2. The lowest BCUT2D eigenvalue weighted by atomic mass is 9.97. The zero-order chi connectivity index (χ0) is 24.8. The number of hydrogen-bond donors (Lipinski definition) is 0. The summed E-state index contributed by atoms with van der Waals surface area (Å²) < 4.78 is 23.6. The van der Waals surface area contributed by atoms with Gasteiger partial charge in [0.2, 0.25) is 5.91 Å². The van der Waals surface area contributed by atoms with Crippen molar-refractivity contribution in [1.29, 1.82) is 5.26 Å². The molecule has 0 aliphatic carbocycles. The molecule has 1 aromatic carbocycles. The van der Waals surface area contributed by atoms with Gasteiger partial charge in [-0.2, -0.15) is 5.26 Å². The molecule has 2 aliphatic rings. The molecule has 2 aliphatic heterocycles. The van der Waals surface area contributed by atoms with Crippen molar-refractivity contribution in [1.82, 2.24) is 9.80 Å². The van der Waals surface area contributed by atoms with E-state index in [1.807, 2.05) is 0 Å². The van der Waals surface area contributed by atoms with E-state index < -0.39 is 12.0 Å². The van der Waals surface area contributed by atoms with Crippen LogP contribution in [0.25, 0.3) is 0 Å². The third-order valence-corrected chi connectivity index (χ3v) is 6.77. The number of amides is 2. The Hall–Kier alpha value is -2.67. The second-order valence-electron chi connectivity index (χ2n) is 9.08. The smallest absolute Gasteiger partial charge is 0.257 e. The maximum Gasteiger partial charge on any atom is 0.257 e. The monoisotopic (exact) mass is 473 g/mol. The first-order valence-corrected chi connectivity index (χ1v) is 11.7. The summed E-state index contributed by atoms with van der Waals surface area (Å²) in [6, 6.07) is 6.90. The summed E-state index contributed by atoms with van der Waals surface area (Å²) >= 11 is 0. The Kier molecular flexibility index (Phi) is 8.89. The SMILES string of the molecule is CO[C@H]1CN(C)C(=O)c2cc(C#N)ccc2OCC[C@H]2CC[C@@H](OC)[C@H](CN(C)C(=O)[C@H]1C)O2. The molecule has 0 unspecified atom stereocenters. The molecule has 0 aromatic heterocycles. The Morgan fingerprint density at radius 1 is 1.03 bits per heavy atom. The van der Waals surface area contributed by atoms with Gasteiger partial charge in [-0.3, -0.25) is 9.59 Å². The minimum Gasteiger partial charge on any atom is -0.493 e. The van der Waals surface area contributed by atoms with Gasteiger partial charge in [-0.1, -0.05) is 6.92 Å². The van der Waals surface area contributed by atoms with E-state index in [1.165, 1.54) is 18.1 Å². The molecule has 0 spiro atoms. The fourth-order valence-electron chi connectivity index (χ4n) is 4.64. The van der Waals surface area contributed by atoms with Gasteiger partial charge in [-0.25, -0.2) is 0 Å². The Morgan fingerprint density at radius 2 is 1.76 bits per heavy atom. The van der Waals surface area contributed by atoms with Crippen molar-refractivity contribution in [2.75, 3.05) is 48.0 Å². The molecule has 186 valence electrons. The predicted molar refractivity (Wildman–Crippen MR) is 125 cm³/mol. The lowest BCUT2D eigenvalue weighted by Crippen LogP contribution is -2.50. The Labute approximate surface area is 201 Å². The number of nitrogens with zero attached hydrogens (tertiary/aromatic N) is 3. The molecule has 0 saturated carbocycles. The first-order valence-electron chi connectivity index (χ1n) is 11.7. The topological polar surface area (TPSA) is 101 Å². The number of methoxy groups -OCH3 is 2. The van der Waals surface area contributed by atoms with Crippen LogP contribution in [0.3, 0.4) is 0 Å². The van der Waals surface area contributed by atoms with E-state index >= 15 is 0 Å². The molecule has 2 bridgehead atoms. The van der Waals surface area contributed by atoms with Crippen molar-refractivity contribution in [3.8, 4) is 11.8 Å². The second kappa shape index (κ2) is 11.6. The van der Waals surface area contributed by atoms with E-state index in [-0.39, 0.29) is 36.7 Å². The summed E-state index contributed by atoms with van der Waals surface area (Å²) in [6.45, 7) is 2.77.